The predicted molar refractivity (Wildman–Crippen MR) is 147 cm³/mol. The molecular formula is H72Ni4O36P4+24. The quantitative estimate of drug-likeness (QED) is 0.141. The Morgan fingerprint density at radius 3 is 0.205 bits per heavy atom. The van der Waals surface area contributed by atoms with Crippen LogP contribution in [0.4, 0.5) is 0 Å². The summed E-state index contributed by atoms with van der Waals surface area (Å²) in [5.41, 5.74) is 0. The van der Waals surface area contributed by atoms with Gasteiger partial charge in [0.2, 0.25) is 0 Å². The molecule has 0 atom stereocenters. The fraction of sp³-hybridized carbons (Fsp3) is 0. The third-order valence-corrected chi connectivity index (χ3v) is 5.40. The summed E-state index contributed by atoms with van der Waals surface area (Å²) in [5, 5.41) is 0. The molecule has 72 N–H and O–H groups in total. The van der Waals surface area contributed by atoms with Gasteiger partial charge in [-0.05, 0) is 29.1 Å². The zero-order chi connectivity index (χ0) is 14.0. The van der Waals surface area contributed by atoms with Crippen molar-refractivity contribution in [1.29, 1.82) is 0 Å². The topological polar surface area (TPSA) is 1040 Å². The first kappa shape index (κ1) is 372. The summed E-state index contributed by atoms with van der Waals surface area (Å²) < 4.78 is 36.9. The molecule has 0 aliphatic carbocycles. The third kappa shape index (κ3) is 206. The van der Waals surface area contributed by atoms with E-state index in [1.807, 2.05) is 0 Å². The predicted octanol–water partition coefficient (Wildman–Crippen LogP) is -28.7. The van der Waals surface area contributed by atoms with Gasteiger partial charge in [0.05, 0.1) is 0 Å². The van der Waals surface area contributed by atoms with Gasteiger partial charge in [0.25, 0.3) is 0 Å². The van der Waals surface area contributed by atoms with Gasteiger partial charge in [0.15, 0.2) is 0 Å². The summed E-state index contributed by atoms with van der Waals surface area (Å²) in [6, 6.07) is 0. The van der Waals surface area contributed by atoms with Crippen LogP contribution < -0.4 is 39.1 Å². The Labute approximate surface area is 283 Å². The molecule has 0 amide bonds. The first-order valence-electron chi connectivity index (χ1n) is 2.59. The van der Waals surface area contributed by atoms with Crippen LogP contribution in [-0.2, 0) is 216 Å². The minimum Gasteiger partial charge on any atom is -0.807 e. The maximum atomic E-state index is 9.24. The van der Waals surface area contributed by atoms with E-state index in [0.29, 0.717) is 0 Å². The molecule has 0 unspecified atom stereocenters. The summed E-state index contributed by atoms with van der Waals surface area (Å²) in [7, 11) is -23.6. The molecule has 324 valence electrons. The van der Waals surface area contributed by atoms with Gasteiger partial charge in [-0.3, -0.25) is 0 Å². The fourth-order valence-electron chi connectivity index (χ4n) is 0. The fourth-order valence-corrected chi connectivity index (χ4v) is 0. The third-order valence-electron chi connectivity index (χ3n) is 0.600. The molecule has 0 aromatic rings. The summed E-state index contributed by atoms with van der Waals surface area (Å²) in [5.74, 6) is 0. The van der Waals surface area contributed by atoms with Crippen molar-refractivity contribution in [3.63, 3.8) is 0 Å². The number of hydrogen-bond donors (Lipinski definition) is 0. The molecule has 0 heterocycles. The maximum absolute atomic E-state index is 9.24. The molecule has 44 heavy (non-hydrogen) atoms. The minimum atomic E-state index is -5.91. The Balaban J connectivity index is -0.00000000194. The van der Waals surface area contributed by atoms with Gasteiger partial charge in [-0.25, -0.2) is 0 Å². The van der Waals surface area contributed by atoms with Crippen LogP contribution in [0.5, 0.6) is 0 Å². The summed E-state index contributed by atoms with van der Waals surface area (Å²) in [6.07, 6.45) is 0. The Hall–Kier alpha value is 1.61. The van der Waals surface area contributed by atoms with Gasteiger partial charge >= 0.3 is 66.0 Å². The van der Waals surface area contributed by atoms with E-state index in [1.165, 1.54) is 0 Å². The molecule has 0 spiro atoms. The van der Waals surface area contributed by atoms with Crippen molar-refractivity contribution in [2.45, 2.75) is 0 Å². The summed E-state index contributed by atoms with van der Waals surface area (Å²) in [4.78, 5) is 73.9. The van der Waals surface area contributed by atoms with Gasteiger partial charge in [-0.1, -0.05) is 0 Å². The van der Waals surface area contributed by atoms with Crippen molar-refractivity contribution >= 4 is 29.1 Å². The Kier molecular flexibility index (Phi) is 1090. The average molecular weight is 1010 g/mol. The minimum absolute atomic E-state index is 0. The zero-order valence-electron chi connectivity index (χ0n) is 21.8. The molecule has 0 radical (unpaired) electrons. The zero-order valence-corrected chi connectivity index (χ0v) is 29.3. The Morgan fingerprint density at radius 2 is 0.205 bits per heavy atom. The standard InChI is InChI=1S/4Ni.2H4O6P2.24H2O/c;;;;2*1-7(2,3)8(4,5)6;;;;;;;;;;;;;;;;;;;;;;;;/h;;;;2*(H2,1,2,3)(H2,4,5,6);24*1H2/q4*+2;;;;;;;;;;;;;;;;;;;;;;;;;;/p+16. The average Bonchev–Trinajstić information content (AvgIpc) is 1.77. The number of rotatable bonds is 2. The van der Waals surface area contributed by atoms with Crippen LogP contribution in [0.25, 0.3) is 0 Å². The van der Waals surface area contributed by atoms with E-state index in [9.17, 15) is 57.4 Å². The molecule has 0 fully saturated rings. The van der Waals surface area contributed by atoms with Gasteiger partial charge in [-0.2, -0.15) is 0 Å². The van der Waals surface area contributed by atoms with Crippen LogP contribution in [0.3, 0.4) is 0 Å². The Bertz CT molecular complexity index is 336. The molecule has 0 bridgehead atoms. The van der Waals surface area contributed by atoms with E-state index in [4.69, 9.17) is 0 Å². The maximum Gasteiger partial charge on any atom is 2.00 e. The van der Waals surface area contributed by atoms with Crippen LogP contribution in [0.2, 0.25) is 0 Å². The van der Waals surface area contributed by atoms with Gasteiger partial charge in [0.1, 0.15) is 0 Å². The molecule has 0 rings (SSSR count). The van der Waals surface area contributed by atoms with Gasteiger partial charge in [0, 0.05) is 0 Å². The van der Waals surface area contributed by atoms with Crippen LogP contribution in [-0.4, -0.2) is 0 Å². The van der Waals surface area contributed by atoms with Crippen LogP contribution in [0, 0.1) is 0 Å². The summed E-state index contributed by atoms with van der Waals surface area (Å²) in [6.45, 7) is 0. The molecule has 0 saturated heterocycles. The van der Waals surface area contributed by atoms with Crippen LogP contribution >= 0.6 is 29.1 Å². The van der Waals surface area contributed by atoms with Crippen molar-refractivity contribution in [3.8, 4) is 0 Å². The summed E-state index contributed by atoms with van der Waals surface area (Å²) >= 11 is 0. The molecular weight excluding hydrogens is 935 g/mol. The SMILES string of the molecule is O=P([O-])([O-])P(=O)([O-])[O-].O=P([O-])([O-])P(=O)([O-])[O-].[Ni+2].[Ni+2].[Ni+2].[Ni+2].[OH3+].[OH3+].[OH3+].[OH3+].[OH3+].[OH3+].[OH3+].[OH3+].[OH3+].[OH3+].[OH3+].[OH3+].[OH3+].[OH3+].[OH3+].[OH3+].[OH3+].[OH3+].[OH3+].[OH3+].[OH3+].[OH3+].[OH3+].[OH3+]. The van der Waals surface area contributed by atoms with Crippen molar-refractivity contribution in [3.05, 3.63) is 0 Å². The monoisotopic (exact) mass is 1000 g/mol. The second-order valence-electron chi connectivity index (χ2n) is 1.87. The molecule has 0 aliphatic rings. The van der Waals surface area contributed by atoms with Gasteiger partial charge < -0.3 is 189 Å². The van der Waals surface area contributed by atoms with Crippen molar-refractivity contribution in [1.82, 2.24) is 0 Å². The van der Waals surface area contributed by atoms with Crippen LogP contribution in [0.15, 0.2) is 0 Å². The van der Waals surface area contributed by atoms with E-state index >= 15 is 0 Å². The molecule has 0 saturated carbocycles. The second-order valence-corrected chi connectivity index (χ2v) is 11.5. The smallest absolute Gasteiger partial charge is 0.807 e. The van der Waals surface area contributed by atoms with E-state index in [1.54, 1.807) is 0 Å². The molecule has 0 aliphatic heterocycles. The first-order chi connectivity index (χ1) is 6.50. The molecule has 44 heteroatoms. The van der Waals surface area contributed by atoms with Crippen molar-refractivity contribution < 1.29 is 255 Å². The Morgan fingerprint density at radius 1 is 0.182 bits per heavy atom. The molecule has 0 aromatic heterocycles. The van der Waals surface area contributed by atoms with Crippen molar-refractivity contribution in [2.24, 2.45) is 0 Å². The van der Waals surface area contributed by atoms with Crippen LogP contribution in [0.1, 0.15) is 0 Å². The van der Waals surface area contributed by atoms with E-state index in [-0.39, 0.29) is 197 Å². The molecule has 0 aromatic carbocycles. The number of hydrogen-bond acceptors (Lipinski definition) is 12. The normalized spacial score (nSPS) is 5.09. The van der Waals surface area contributed by atoms with E-state index in [0.717, 1.165) is 0 Å². The molecule has 36 nitrogen and oxygen atoms in total. The largest absolute Gasteiger partial charge is 2.00 e. The van der Waals surface area contributed by atoms with E-state index < -0.39 is 29.1 Å². The van der Waals surface area contributed by atoms with E-state index in [2.05, 4.69) is 0 Å². The van der Waals surface area contributed by atoms with Gasteiger partial charge in [-0.15, -0.1) is 0 Å². The second kappa shape index (κ2) is 129. The van der Waals surface area contributed by atoms with Crippen molar-refractivity contribution in [2.75, 3.05) is 0 Å². The first-order valence-corrected chi connectivity index (χ1v) is 10.2.